The first-order valence-corrected chi connectivity index (χ1v) is 8.11. The predicted molar refractivity (Wildman–Crippen MR) is 73.6 cm³/mol. The zero-order valence-electron chi connectivity index (χ0n) is 11.2. The molecular weight excluding hydrogens is 265 g/mol. The Balaban J connectivity index is 2.68. The van der Waals surface area contributed by atoms with E-state index in [0.717, 1.165) is 0 Å². The zero-order valence-corrected chi connectivity index (χ0v) is 12.1. The van der Waals surface area contributed by atoms with Gasteiger partial charge in [-0.2, -0.15) is 0 Å². The summed E-state index contributed by atoms with van der Waals surface area (Å²) in [5, 5.41) is 10.9. The summed E-state index contributed by atoms with van der Waals surface area (Å²) >= 11 is 0. The number of nitrogens with two attached hydrogens (primary N) is 1. The molecule has 0 fully saturated rings. The third-order valence-corrected chi connectivity index (χ3v) is 4.65. The van der Waals surface area contributed by atoms with Gasteiger partial charge in [-0.15, -0.1) is 0 Å². The molecule has 2 unspecified atom stereocenters. The van der Waals surface area contributed by atoms with Gasteiger partial charge in [-0.1, -0.05) is 32.0 Å². The normalized spacial score (nSPS) is 16.0. The molecule has 0 spiro atoms. The maximum Gasteiger partial charge on any atom is 0.362 e. The van der Waals surface area contributed by atoms with Gasteiger partial charge in [0, 0.05) is 11.7 Å². The minimum atomic E-state index is -3.50. The summed E-state index contributed by atoms with van der Waals surface area (Å²) in [5.74, 6) is -0.714. The highest BCUT2D eigenvalue weighted by atomic mass is 31.2. The lowest BCUT2D eigenvalue weighted by molar-refractivity contribution is -0.664. The lowest BCUT2D eigenvalue weighted by atomic mass is 10.0. The summed E-state index contributed by atoms with van der Waals surface area (Å²) in [6.45, 7) is 3.86. The minimum Gasteiger partial charge on any atom is -0.477 e. The monoisotopic (exact) mass is 286 g/mol. The quantitative estimate of drug-likeness (QED) is 0.640. The molecule has 0 heterocycles. The Kier molecular flexibility index (Phi) is 5.73. The first-order valence-electron chi connectivity index (χ1n) is 6.26. The lowest BCUT2D eigenvalue weighted by Gasteiger charge is -2.16. The van der Waals surface area contributed by atoms with Gasteiger partial charge in [0.05, 0.1) is 0 Å². The number of benzene rings is 1. The molecule has 0 saturated carbocycles. The van der Waals surface area contributed by atoms with Crippen molar-refractivity contribution < 1.29 is 24.7 Å². The van der Waals surface area contributed by atoms with Crippen molar-refractivity contribution >= 4 is 18.6 Å². The Morgan fingerprint density at radius 1 is 1.32 bits per heavy atom. The summed E-state index contributed by atoms with van der Waals surface area (Å²) in [6, 6.07) is 7.66. The van der Waals surface area contributed by atoms with Gasteiger partial charge in [-0.25, -0.2) is 4.79 Å². The van der Waals surface area contributed by atoms with Gasteiger partial charge < -0.3 is 15.3 Å². The number of hydrogen-bond donors (Lipinski definition) is 3. The average Bonchev–Trinajstić information content (AvgIpc) is 2.35. The molecule has 0 aromatic heterocycles. The second-order valence-corrected chi connectivity index (χ2v) is 7.31. The summed E-state index contributed by atoms with van der Waals surface area (Å²) in [7, 11) is -3.50. The molecule has 2 atom stereocenters. The first kappa shape index (κ1) is 15.9. The van der Waals surface area contributed by atoms with Crippen molar-refractivity contribution in [1.29, 1.82) is 0 Å². The molecule has 106 valence electrons. The minimum absolute atomic E-state index is 0.110. The Morgan fingerprint density at radius 3 is 2.37 bits per heavy atom. The summed E-state index contributed by atoms with van der Waals surface area (Å²) in [6.07, 6.45) is 0.366. The molecule has 4 N–H and O–H groups in total. The van der Waals surface area contributed by atoms with Crippen molar-refractivity contribution in [3.63, 3.8) is 0 Å². The highest BCUT2D eigenvalue weighted by Gasteiger charge is 2.29. The molecule has 0 saturated heterocycles. The van der Waals surface area contributed by atoms with Gasteiger partial charge in [-0.05, 0) is 18.1 Å². The van der Waals surface area contributed by atoms with E-state index in [9.17, 15) is 14.3 Å². The van der Waals surface area contributed by atoms with Crippen molar-refractivity contribution in [2.75, 3.05) is 6.29 Å². The van der Waals surface area contributed by atoms with Crippen LogP contribution in [-0.4, -0.2) is 28.3 Å². The van der Waals surface area contributed by atoms with Crippen LogP contribution in [0.25, 0.3) is 0 Å². The van der Waals surface area contributed by atoms with E-state index in [4.69, 9.17) is 5.11 Å². The van der Waals surface area contributed by atoms with E-state index in [0.29, 0.717) is 11.7 Å². The molecule has 0 radical (unpaired) electrons. The molecule has 1 rings (SSSR count). The highest BCUT2D eigenvalue weighted by molar-refractivity contribution is 7.65. The molecule has 0 aliphatic carbocycles. The van der Waals surface area contributed by atoms with Crippen LogP contribution < -0.4 is 10.6 Å². The molecule has 6 heteroatoms. The van der Waals surface area contributed by atoms with E-state index >= 15 is 0 Å². The van der Waals surface area contributed by atoms with Gasteiger partial charge in [0.25, 0.3) is 7.37 Å². The van der Waals surface area contributed by atoms with Crippen LogP contribution in [0.5, 0.6) is 0 Å². The number of carbonyl (C=O) groups is 1. The number of rotatable bonds is 7. The van der Waals surface area contributed by atoms with E-state index in [-0.39, 0.29) is 12.2 Å². The molecule has 5 nitrogen and oxygen atoms in total. The van der Waals surface area contributed by atoms with Crippen LogP contribution in [0.2, 0.25) is 0 Å². The Hall–Kier alpha value is -1.16. The zero-order chi connectivity index (χ0) is 14.5. The van der Waals surface area contributed by atoms with E-state index in [1.807, 2.05) is 13.8 Å². The maximum atomic E-state index is 12.2. The third kappa shape index (κ3) is 5.15. The van der Waals surface area contributed by atoms with Crippen LogP contribution in [-0.2, 0) is 9.36 Å². The molecule has 0 aliphatic rings. The number of carboxylic acids is 1. The Bertz CT molecular complexity index is 461. The van der Waals surface area contributed by atoms with Crippen molar-refractivity contribution in [1.82, 2.24) is 0 Å². The van der Waals surface area contributed by atoms with Gasteiger partial charge >= 0.3 is 5.97 Å². The van der Waals surface area contributed by atoms with Crippen LogP contribution in [0.3, 0.4) is 0 Å². The largest absolute Gasteiger partial charge is 0.477 e. The van der Waals surface area contributed by atoms with Crippen molar-refractivity contribution in [2.24, 2.45) is 5.92 Å². The predicted octanol–water partition coefficient (Wildman–Crippen LogP) is 0.602. The topological polar surface area (TPSA) is 91.2 Å². The molecule has 0 aliphatic heterocycles. The summed E-state index contributed by atoms with van der Waals surface area (Å²) in [5.41, 5.74) is 0. The lowest BCUT2D eigenvalue weighted by Crippen LogP contribution is -2.92. The Labute approximate surface area is 113 Å². The number of carboxylic acid groups (broad SMARTS) is 1. The second kappa shape index (κ2) is 6.85. The van der Waals surface area contributed by atoms with Crippen LogP contribution in [0, 0.1) is 5.92 Å². The van der Waals surface area contributed by atoms with Gasteiger partial charge in [0.15, 0.2) is 12.3 Å². The van der Waals surface area contributed by atoms with Crippen molar-refractivity contribution in [3.05, 3.63) is 30.3 Å². The van der Waals surface area contributed by atoms with E-state index in [1.54, 1.807) is 30.3 Å². The van der Waals surface area contributed by atoms with E-state index in [2.05, 4.69) is 0 Å². The van der Waals surface area contributed by atoms with Crippen LogP contribution >= 0.6 is 7.37 Å². The molecule has 0 amide bonds. The average molecular weight is 286 g/mol. The third-order valence-electron chi connectivity index (χ3n) is 2.84. The van der Waals surface area contributed by atoms with Crippen LogP contribution in [0.15, 0.2) is 30.3 Å². The number of quaternary nitrogens is 1. The first-order chi connectivity index (χ1) is 8.83. The van der Waals surface area contributed by atoms with Gasteiger partial charge in [-0.3, -0.25) is 4.57 Å². The smallest absolute Gasteiger partial charge is 0.362 e. The SMILES string of the molecule is CC(C)CC([NH2+]CP(=O)(O)c1ccccc1)C(=O)O. The molecule has 19 heavy (non-hydrogen) atoms. The second-order valence-electron chi connectivity index (χ2n) is 5.03. The Morgan fingerprint density at radius 2 is 1.89 bits per heavy atom. The van der Waals surface area contributed by atoms with Gasteiger partial charge in [0.2, 0.25) is 0 Å². The summed E-state index contributed by atoms with van der Waals surface area (Å²) in [4.78, 5) is 21.1. The van der Waals surface area contributed by atoms with Crippen LogP contribution in [0.4, 0.5) is 0 Å². The van der Waals surface area contributed by atoms with Crippen LogP contribution in [0.1, 0.15) is 20.3 Å². The number of aliphatic carboxylic acids is 1. The molecular formula is C13H21NO4P+. The molecule has 1 aromatic rings. The number of hydrogen-bond acceptors (Lipinski definition) is 2. The fourth-order valence-electron chi connectivity index (χ4n) is 1.84. The van der Waals surface area contributed by atoms with Crippen molar-refractivity contribution in [3.8, 4) is 0 Å². The standard InChI is InChI=1S/C13H20NO4P/c1-10(2)8-12(13(15)16)14-9-19(17,18)11-6-4-3-5-7-11/h3-7,10,12,14H,8-9H2,1-2H3,(H,15,16)(H,17,18)/p+1. The van der Waals surface area contributed by atoms with E-state index in [1.165, 1.54) is 5.32 Å². The molecule has 1 aromatic carbocycles. The fraction of sp³-hybridized carbons (Fsp3) is 0.462. The fourth-order valence-corrected chi connectivity index (χ4v) is 3.23. The van der Waals surface area contributed by atoms with E-state index < -0.39 is 19.4 Å². The van der Waals surface area contributed by atoms with Crippen molar-refractivity contribution in [2.45, 2.75) is 26.3 Å². The van der Waals surface area contributed by atoms with Gasteiger partial charge in [0.1, 0.15) is 0 Å². The summed E-state index contributed by atoms with van der Waals surface area (Å²) < 4.78 is 12.2. The highest BCUT2D eigenvalue weighted by Crippen LogP contribution is 2.35. The maximum absolute atomic E-state index is 12.2. The molecule has 0 bridgehead atoms.